The molecule has 0 radical (unpaired) electrons. The first kappa shape index (κ1) is 21.1. The molecule has 146 valence electrons. The summed E-state index contributed by atoms with van der Waals surface area (Å²) in [4.78, 5) is 36.3. The summed E-state index contributed by atoms with van der Waals surface area (Å²) >= 11 is 5.93. The number of hydrogen-bond acceptors (Lipinski definition) is 4. The number of amides is 1. The molecule has 6 nitrogen and oxygen atoms in total. The number of carbonyl (C=O) groups is 3. The number of nitrogens with zero attached hydrogens (tertiary/aromatic N) is 1. The fourth-order valence-electron chi connectivity index (χ4n) is 2.96. The molecule has 1 heterocycles. The van der Waals surface area contributed by atoms with Crippen LogP contribution in [0.25, 0.3) is 0 Å². The van der Waals surface area contributed by atoms with Gasteiger partial charge in [-0.25, -0.2) is 4.79 Å². The number of carboxylic acids is 1. The minimum Gasteiger partial charge on any atom is -0.480 e. The van der Waals surface area contributed by atoms with E-state index in [4.69, 9.17) is 21.4 Å². The van der Waals surface area contributed by atoms with Crippen LogP contribution in [-0.4, -0.2) is 47.4 Å². The van der Waals surface area contributed by atoms with Crippen LogP contribution in [0.1, 0.15) is 37.7 Å². The summed E-state index contributed by atoms with van der Waals surface area (Å²) in [6.07, 6.45) is 4.96. The number of Topliss-reactive ketones (excluding diaryl/α,β-unsaturated/α-hetero) is 1. The number of allylic oxidation sites excluding steroid dienone is 2. The molecular formula is C20H24ClNO5. The molecule has 0 aliphatic carbocycles. The van der Waals surface area contributed by atoms with Crippen molar-refractivity contribution in [1.82, 2.24) is 4.90 Å². The van der Waals surface area contributed by atoms with Crippen LogP contribution in [0.2, 0.25) is 5.02 Å². The molecule has 0 unspecified atom stereocenters. The van der Waals surface area contributed by atoms with Gasteiger partial charge >= 0.3 is 5.97 Å². The second kappa shape index (κ2) is 10.8. The Bertz CT molecular complexity index is 716. The maximum atomic E-state index is 12.2. The number of benzene rings is 1. The Morgan fingerprint density at radius 1 is 1.26 bits per heavy atom. The minimum absolute atomic E-state index is 0.0648. The molecule has 0 bridgehead atoms. The molecule has 1 saturated heterocycles. The predicted octanol–water partition coefficient (Wildman–Crippen LogP) is 3.23. The molecule has 1 aliphatic heterocycles. The Morgan fingerprint density at radius 2 is 2.07 bits per heavy atom. The van der Waals surface area contributed by atoms with Gasteiger partial charge in [0.1, 0.15) is 12.4 Å². The summed E-state index contributed by atoms with van der Waals surface area (Å²) in [7, 11) is 0. The lowest BCUT2D eigenvalue weighted by atomic mass is 10.1. The first-order valence-corrected chi connectivity index (χ1v) is 9.38. The summed E-state index contributed by atoms with van der Waals surface area (Å²) < 4.78 is 4.99. The number of ketones is 1. The third-order valence-electron chi connectivity index (χ3n) is 4.24. The second-order valence-electron chi connectivity index (χ2n) is 6.44. The molecule has 7 heteroatoms. The fourth-order valence-corrected chi connectivity index (χ4v) is 3.17. The van der Waals surface area contributed by atoms with Crippen molar-refractivity contribution in [3.05, 3.63) is 46.6 Å². The number of carbonyl (C=O) groups excluding carboxylic acids is 2. The van der Waals surface area contributed by atoms with Crippen molar-refractivity contribution in [3.63, 3.8) is 0 Å². The first-order valence-electron chi connectivity index (χ1n) is 9.01. The average molecular weight is 394 g/mol. The monoisotopic (exact) mass is 393 g/mol. The van der Waals surface area contributed by atoms with Gasteiger partial charge < -0.3 is 14.7 Å². The number of carboxylic acid groups (broad SMARTS) is 1. The smallest absolute Gasteiger partial charge is 0.329 e. The van der Waals surface area contributed by atoms with E-state index in [1.54, 1.807) is 17.0 Å². The molecule has 1 amide bonds. The highest BCUT2D eigenvalue weighted by Crippen LogP contribution is 2.23. The van der Waals surface area contributed by atoms with Gasteiger partial charge in [-0.05, 0) is 37.0 Å². The van der Waals surface area contributed by atoms with E-state index in [2.05, 4.69) is 0 Å². The summed E-state index contributed by atoms with van der Waals surface area (Å²) in [5.41, 5.74) is 1.78. The van der Waals surface area contributed by atoms with Gasteiger partial charge in [-0.15, -0.1) is 0 Å². The average Bonchev–Trinajstić information content (AvgIpc) is 2.96. The lowest BCUT2D eigenvalue weighted by Crippen LogP contribution is -2.25. The molecule has 27 heavy (non-hydrogen) atoms. The number of ether oxygens (including phenoxy) is 1. The van der Waals surface area contributed by atoms with Crippen LogP contribution in [0.3, 0.4) is 0 Å². The van der Waals surface area contributed by atoms with Crippen molar-refractivity contribution < 1.29 is 24.2 Å². The molecule has 1 aromatic rings. The Labute approximate surface area is 163 Å². The van der Waals surface area contributed by atoms with E-state index in [1.807, 2.05) is 18.2 Å². The highest BCUT2D eigenvalue weighted by Gasteiger charge is 2.24. The van der Waals surface area contributed by atoms with E-state index in [9.17, 15) is 14.4 Å². The molecule has 1 aromatic carbocycles. The van der Waals surface area contributed by atoms with E-state index in [1.165, 1.54) is 0 Å². The second-order valence-corrected chi connectivity index (χ2v) is 6.88. The molecule has 2 rings (SSSR count). The number of rotatable bonds is 11. The van der Waals surface area contributed by atoms with E-state index < -0.39 is 5.97 Å². The van der Waals surface area contributed by atoms with Gasteiger partial charge in [0.25, 0.3) is 0 Å². The highest BCUT2D eigenvalue weighted by atomic mass is 35.5. The van der Waals surface area contributed by atoms with Crippen molar-refractivity contribution >= 4 is 29.3 Å². The molecule has 0 saturated carbocycles. The minimum atomic E-state index is -0.989. The Kier molecular flexibility index (Phi) is 8.48. The third-order valence-corrected chi connectivity index (χ3v) is 4.48. The standard InChI is InChI=1S/C20H24ClNO5/c21-16-5-3-4-15(12-16)13-18(23)8-6-17-7-9-19(24)22(17)10-1-2-11-27-14-20(25)26/h3-6,12H,1-2,7-11,13-14H2,(H,25,26). The van der Waals surface area contributed by atoms with Gasteiger partial charge in [-0.3, -0.25) is 9.59 Å². The summed E-state index contributed by atoms with van der Waals surface area (Å²) in [5, 5.41) is 9.11. The van der Waals surface area contributed by atoms with Gasteiger partial charge in [0.2, 0.25) is 5.91 Å². The molecular weight excluding hydrogens is 370 g/mol. The van der Waals surface area contributed by atoms with Crippen LogP contribution in [-0.2, 0) is 25.5 Å². The lowest BCUT2D eigenvalue weighted by molar-refractivity contribution is -0.142. The SMILES string of the molecule is O=C(O)COCCCCN1C(=O)CCC1=CCC(=O)Cc1cccc(Cl)c1. The topological polar surface area (TPSA) is 83.9 Å². The van der Waals surface area contributed by atoms with Crippen LogP contribution in [0.15, 0.2) is 36.0 Å². The normalized spacial score (nSPS) is 15.5. The zero-order valence-corrected chi connectivity index (χ0v) is 15.9. The van der Waals surface area contributed by atoms with Crippen LogP contribution >= 0.6 is 11.6 Å². The number of hydrogen-bond donors (Lipinski definition) is 1. The van der Waals surface area contributed by atoms with Crippen molar-refractivity contribution in [1.29, 1.82) is 0 Å². The Hall–Kier alpha value is -2.18. The maximum absolute atomic E-state index is 12.2. The van der Waals surface area contributed by atoms with Crippen LogP contribution in [0, 0.1) is 0 Å². The zero-order valence-electron chi connectivity index (χ0n) is 15.2. The predicted molar refractivity (Wildman–Crippen MR) is 101 cm³/mol. The van der Waals surface area contributed by atoms with E-state index in [0.717, 1.165) is 17.7 Å². The molecule has 1 fully saturated rings. The maximum Gasteiger partial charge on any atom is 0.329 e. The summed E-state index contributed by atoms with van der Waals surface area (Å²) in [5.74, 6) is -0.849. The van der Waals surface area contributed by atoms with Crippen LogP contribution in [0.5, 0.6) is 0 Å². The largest absolute Gasteiger partial charge is 0.480 e. The number of likely N-dealkylation sites (tertiary alicyclic amines) is 1. The summed E-state index contributed by atoms with van der Waals surface area (Å²) in [6.45, 7) is 0.609. The highest BCUT2D eigenvalue weighted by molar-refractivity contribution is 6.30. The van der Waals surface area contributed by atoms with Crippen LogP contribution in [0.4, 0.5) is 0 Å². The van der Waals surface area contributed by atoms with Crippen molar-refractivity contribution in [3.8, 4) is 0 Å². The van der Waals surface area contributed by atoms with Crippen molar-refractivity contribution in [2.45, 2.75) is 38.5 Å². The quantitative estimate of drug-likeness (QED) is 0.583. The molecule has 1 N–H and O–H groups in total. The first-order chi connectivity index (χ1) is 13.0. The van der Waals surface area contributed by atoms with Gasteiger partial charge in [0.05, 0.1) is 0 Å². The zero-order chi connectivity index (χ0) is 19.6. The molecule has 0 spiro atoms. The number of unbranched alkanes of at least 4 members (excludes halogenated alkanes) is 1. The van der Waals surface area contributed by atoms with E-state index in [0.29, 0.717) is 43.9 Å². The van der Waals surface area contributed by atoms with E-state index in [-0.39, 0.29) is 24.7 Å². The Balaban J connectivity index is 1.78. The van der Waals surface area contributed by atoms with Gasteiger partial charge in [-0.1, -0.05) is 29.8 Å². The molecule has 0 atom stereocenters. The molecule has 1 aliphatic rings. The fraction of sp³-hybridized carbons (Fsp3) is 0.450. The van der Waals surface area contributed by atoms with Crippen molar-refractivity contribution in [2.24, 2.45) is 0 Å². The van der Waals surface area contributed by atoms with Gasteiger partial charge in [0.15, 0.2) is 0 Å². The number of aliphatic carboxylic acids is 1. The molecule has 0 aromatic heterocycles. The van der Waals surface area contributed by atoms with Crippen LogP contribution < -0.4 is 0 Å². The van der Waals surface area contributed by atoms with E-state index >= 15 is 0 Å². The Morgan fingerprint density at radius 3 is 2.81 bits per heavy atom. The lowest BCUT2D eigenvalue weighted by Gasteiger charge is -2.18. The summed E-state index contributed by atoms with van der Waals surface area (Å²) in [6, 6.07) is 7.24. The van der Waals surface area contributed by atoms with Crippen molar-refractivity contribution in [2.75, 3.05) is 19.8 Å². The third kappa shape index (κ3) is 7.53. The van der Waals surface area contributed by atoms with Gasteiger partial charge in [-0.2, -0.15) is 0 Å². The van der Waals surface area contributed by atoms with Gasteiger partial charge in [0, 0.05) is 43.1 Å². The number of halogens is 1.